The molecule has 0 atom stereocenters. The van der Waals surface area contributed by atoms with E-state index in [1.165, 1.54) is 11.1 Å². The second kappa shape index (κ2) is 9.48. The Morgan fingerprint density at radius 2 is 0.875 bits per heavy atom. The van der Waals surface area contributed by atoms with Gasteiger partial charge in [0.2, 0.25) is 0 Å². The van der Waals surface area contributed by atoms with Crippen LogP contribution in [0.5, 0.6) is 0 Å². The normalized spacial score (nSPS) is 22.8. The van der Waals surface area contributed by atoms with Crippen LogP contribution < -0.4 is 0 Å². The van der Waals surface area contributed by atoms with Gasteiger partial charge >= 0.3 is 0 Å². The summed E-state index contributed by atoms with van der Waals surface area (Å²) < 4.78 is 0. The van der Waals surface area contributed by atoms with Crippen molar-refractivity contribution in [3.8, 4) is 0 Å². The zero-order valence-corrected chi connectivity index (χ0v) is 17.6. The second-order valence-electron chi connectivity index (χ2n) is 7.99. The van der Waals surface area contributed by atoms with Crippen molar-refractivity contribution in [2.75, 3.05) is 0 Å². The van der Waals surface area contributed by atoms with Crippen LogP contribution in [0.15, 0.2) is 120 Å². The predicted molar refractivity (Wildman–Crippen MR) is 130 cm³/mol. The van der Waals surface area contributed by atoms with Gasteiger partial charge in [0.15, 0.2) is 0 Å². The van der Waals surface area contributed by atoms with E-state index in [4.69, 9.17) is 9.98 Å². The number of aliphatic imine (C=N–C) groups is 2. The van der Waals surface area contributed by atoms with Crippen LogP contribution >= 0.6 is 0 Å². The lowest BCUT2D eigenvalue weighted by atomic mass is 9.53. The molecule has 0 aliphatic heterocycles. The Kier molecular flexibility index (Phi) is 5.93. The van der Waals surface area contributed by atoms with Crippen molar-refractivity contribution < 1.29 is 0 Å². The van der Waals surface area contributed by atoms with Crippen LogP contribution in [0.4, 0.5) is 11.4 Å². The van der Waals surface area contributed by atoms with Crippen LogP contribution in [0.2, 0.25) is 0 Å². The molecule has 1 fully saturated rings. The van der Waals surface area contributed by atoms with Gasteiger partial charge in [0, 0.05) is 60.9 Å². The molecule has 0 bridgehead atoms. The minimum Gasteiger partial charge on any atom is -0.265 e. The number of nitrogens with zero attached hydrogens (tertiary/aromatic N) is 4. The van der Waals surface area contributed by atoms with Gasteiger partial charge in [0.25, 0.3) is 0 Å². The summed E-state index contributed by atoms with van der Waals surface area (Å²) in [7, 11) is 0. The Morgan fingerprint density at radius 1 is 0.500 bits per heavy atom. The average Bonchev–Trinajstić information content (AvgIpc) is 2.86. The predicted octanol–water partition coefficient (Wildman–Crippen LogP) is 6.40. The molecule has 1 aliphatic carbocycles. The average molecular weight is 417 g/mol. The van der Waals surface area contributed by atoms with Gasteiger partial charge in [-0.1, -0.05) is 60.7 Å². The molecular formula is C28H24N4. The molecule has 0 spiro atoms. The molecule has 32 heavy (non-hydrogen) atoms. The topological polar surface area (TPSA) is 50.5 Å². The van der Waals surface area contributed by atoms with Crippen molar-refractivity contribution >= 4 is 23.8 Å². The van der Waals surface area contributed by atoms with Crippen LogP contribution in [-0.4, -0.2) is 22.4 Å². The molecular weight excluding hydrogens is 392 g/mol. The van der Waals surface area contributed by atoms with Gasteiger partial charge in [-0.2, -0.15) is 0 Å². The summed E-state index contributed by atoms with van der Waals surface area (Å²) in [5.41, 5.74) is 4.48. The number of pyridine rings is 2. The van der Waals surface area contributed by atoms with Gasteiger partial charge < -0.3 is 0 Å². The van der Waals surface area contributed by atoms with Crippen molar-refractivity contribution in [2.45, 2.75) is 11.8 Å². The molecule has 2 aromatic heterocycles. The van der Waals surface area contributed by atoms with E-state index in [-0.39, 0.29) is 11.8 Å². The highest BCUT2D eigenvalue weighted by Gasteiger charge is 2.50. The molecule has 2 aromatic carbocycles. The molecule has 0 radical (unpaired) electrons. The van der Waals surface area contributed by atoms with Gasteiger partial charge in [-0.15, -0.1) is 0 Å². The summed E-state index contributed by atoms with van der Waals surface area (Å²) in [6.45, 7) is 0. The molecule has 0 N–H and O–H groups in total. The molecule has 0 amide bonds. The van der Waals surface area contributed by atoms with E-state index in [1.54, 1.807) is 24.8 Å². The molecule has 0 unspecified atom stereocenters. The largest absolute Gasteiger partial charge is 0.265 e. The van der Waals surface area contributed by atoms with Crippen LogP contribution in [0.3, 0.4) is 0 Å². The number of aromatic nitrogens is 2. The molecule has 2 heterocycles. The smallest absolute Gasteiger partial charge is 0.0656 e. The molecule has 1 aliphatic rings. The molecule has 5 rings (SSSR count). The van der Waals surface area contributed by atoms with E-state index >= 15 is 0 Å². The summed E-state index contributed by atoms with van der Waals surface area (Å²) in [5, 5.41) is 0. The van der Waals surface area contributed by atoms with E-state index < -0.39 is 0 Å². The molecule has 156 valence electrons. The zero-order chi connectivity index (χ0) is 21.6. The molecule has 1 saturated carbocycles. The summed E-state index contributed by atoms with van der Waals surface area (Å²) in [6, 6.07) is 29.2. The fourth-order valence-corrected chi connectivity index (χ4v) is 4.63. The fourth-order valence-electron chi connectivity index (χ4n) is 4.63. The first kappa shape index (κ1) is 20.0. The van der Waals surface area contributed by atoms with E-state index in [9.17, 15) is 0 Å². The number of hydrogen-bond acceptors (Lipinski definition) is 4. The van der Waals surface area contributed by atoms with Crippen molar-refractivity contribution in [3.05, 3.63) is 121 Å². The van der Waals surface area contributed by atoms with Gasteiger partial charge in [0.1, 0.15) is 0 Å². The minimum atomic E-state index is 0.266. The molecule has 4 aromatic rings. The lowest BCUT2D eigenvalue weighted by molar-refractivity contribution is 0.222. The highest BCUT2D eigenvalue weighted by molar-refractivity contribution is 5.78. The second-order valence-corrected chi connectivity index (χ2v) is 7.99. The summed E-state index contributed by atoms with van der Waals surface area (Å²) >= 11 is 0. The Bertz CT molecular complexity index is 1070. The first-order valence-corrected chi connectivity index (χ1v) is 10.9. The minimum absolute atomic E-state index is 0.266. The monoisotopic (exact) mass is 416 g/mol. The Hall–Kier alpha value is -3.92. The quantitative estimate of drug-likeness (QED) is 0.342. The van der Waals surface area contributed by atoms with Gasteiger partial charge in [-0.25, -0.2) is 0 Å². The molecule has 0 saturated heterocycles. The standard InChI is InChI=1S/C28H24N4/c1-3-7-21(8-4-1)27-25(19-31-23-11-15-29-16-12-23)28(22-9-5-2-6-10-22)26(27)20-32-24-13-17-30-18-14-24/h1-20,25-28H. The summed E-state index contributed by atoms with van der Waals surface area (Å²) in [5.74, 6) is 1.14. The molecule has 4 heteroatoms. The maximum absolute atomic E-state index is 4.81. The van der Waals surface area contributed by atoms with E-state index in [1.807, 2.05) is 24.3 Å². The van der Waals surface area contributed by atoms with Gasteiger partial charge in [-0.05, 0) is 35.4 Å². The maximum atomic E-state index is 4.81. The van der Waals surface area contributed by atoms with Crippen molar-refractivity contribution in [3.63, 3.8) is 0 Å². The van der Waals surface area contributed by atoms with Crippen LogP contribution in [-0.2, 0) is 0 Å². The lowest BCUT2D eigenvalue weighted by Gasteiger charge is -2.50. The summed E-state index contributed by atoms with van der Waals surface area (Å²) in [6.07, 6.45) is 11.4. The maximum Gasteiger partial charge on any atom is 0.0656 e. The first-order valence-electron chi connectivity index (χ1n) is 10.9. The third-order valence-corrected chi connectivity index (χ3v) is 6.14. The van der Waals surface area contributed by atoms with E-state index in [0.29, 0.717) is 11.8 Å². The Labute approximate surface area is 188 Å². The first-order chi connectivity index (χ1) is 15.9. The SMILES string of the molecule is C(=Nc1ccncc1)C1C(c2ccccc2)C(C=Nc2ccncc2)C1c1ccccc1. The van der Waals surface area contributed by atoms with Crippen molar-refractivity contribution in [2.24, 2.45) is 21.8 Å². The van der Waals surface area contributed by atoms with Crippen molar-refractivity contribution in [1.29, 1.82) is 0 Å². The van der Waals surface area contributed by atoms with Crippen molar-refractivity contribution in [1.82, 2.24) is 9.97 Å². The number of benzene rings is 2. The number of rotatable bonds is 6. The zero-order valence-electron chi connectivity index (χ0n) is 17.6. The summed E-state index contributed by atoms with van der Waals surface area (Å²) in [4.78, 5) is 17.8. The van der Waals surface area contributed by atoms with Crippen LogP contribution in [0.25, 0.3) is 0 Å². The fraction of sp³-hybridized carbons (Fsp3) is 0.143. The van der Waals surface area contributed by atoms with Crippen LogP contribution in [0.1, 0.15) is 23.0 Å². The van der Waals surface area contributed by atoms with Gasteiger partial charge in [-0.3, -0.25) is 20.0 Å². The Morgan fingerprint density at radius 3 is 1.25 bits per heavy atom. The highest BCUT2D eigenvalue weighted by atomic mass is 14.8. The Balaban J connectivity index is 1.54. The van der Waals surface area contributed by atoms with E-state index in [0.717, 1.165) is 11.4 Å². The lowest BCUT2D eigenvalue weighted by Crippen LogP contribution is -2.45. The third-order valence-electron chi connectivity index (χ3n) is 6.14. The highest BCUT2D eigenvalue weighted by Crippen LogP contribution is 2.56. The van der Waals surface area contributed by atoms with E-state index in [2.05, 4.69) is 83.1 Å². The van der Waals surface area contributed by atoms with Crippen LogP contribution in [0, 0.1) is 11.8 Å². The van der Waals surface area contributed by atoms with Gasteiger partial charge in [0.05, 0.1) is 11.4 Å². The number of hydrogen-bond donors (Lipinski definition) is 0. The third kappa shape index (κ3) is 4.26. The molecule has 4 nitrogen and oxygen atoms in total.